The zero-order chi connectivity index (χ0) is 14.4. The average Bonchev–Trinajstić information content (AvgIpc) is 3.14. The molecule has 2 fully saturated rings. The Morgan fingerprint density at radius 3 is 2.35 bits per heavy atom. The molecule has 4 nitrogen and oxygen atoms in total. The normalized spacial score (nSPS) is 26.1. The van der Waals surface area contributed by atoms with Crippen LogP contribution in [0.4, 0.5) is 0 Å². The molecule has 1 saturated carbocycles. The first-order valence-electron chi connectivity index (χ1n) is 7.10. The first-order chi connectivity index (χ1) is 9.50. The third kappa shape index (κ3) is 1.99. The lowest BCUT2D eigenvalue weighted by atomic mass is 9.88. The van der Waals surface area contributed by atoms with Gasteiger partial charge in [-0.3, -0.25) is 9.59 Å². The fourth-order valence-electron chi connectivity index (χ4n) is 3.39. The highest BCUT2D eigenvalue weighted by Gasteiger charge is 2.50. The molecule has 0 bridgehead atoms. The van der Waals surface area contributed by atoms with Gasteiger partial charge in [-0.25, -0.2) is 0 Å². The highest BCUT2D eigenvalue weighted by Crippen LogP contribution is 2.46. The highest BCUT2D eigenvalue weighted by molar-refractivity contribution is 5.88. The molecular formula is C16H19NO3. The van der Waals surface area contributed by atoms with E-state index in [1.165, 1.54) is 0 Å². The number of hydrogen-bond donors (Lipinski definition) is 1. The molecule has 4 heteroatoms. The summed E-state index contributed by atoms with van der Waals surface area (Å²) in [5.74, 6) is -1.50. The number of aryl methyl sites for hydroxylation is 2. The number of carbonyl (C=O) groups excluding carboxylic acids is 1. The van der Waals surface area contributed by atoms with Gasteiger partial charge in [-0.1, -0.05) is 18.2 Å². The van der Waals surface area contributed by atoms with Crippen molar-refractivity contribution in [2.75, 3.05) is 0 Å². The number of amides is 1. The van der Waals surface area contributed by atoms with Crippen molar-refractivity contribution in [1.82, 2.24) is 4.90 Å². The van der Waals surface area contributed by atoms with Crippen LogP contribution in [-0.4, -0.2) is 27.9 Å². The van der Waals surface area contributed by atoms with E-state index in [1.54, 1.807) is 0 Å². The van der Waals surface area contributed by atoms with E-state index in [1.807, 2.05) is 36.9 Å². The fourth-order valence-corrected chi connectivity index (χ4v) is 3.39. The van der Waals surface area contributed by atoms with Gasteiger partial charge in [0.05, 0.1) is 12.0 Å². The molecule has 1 heterocycles. The molecular weight excluding hydrogens is 254 g/mol. The Kier molecular flexibility index (Phi) is 3.04. The number of likely N-dealkylation sites (tertiary alicyclic amines) is 1. The third-order valence-electron chi connectivity index (χ3n) is 4.46. The molecule has 3 rings (SSSR count). The first-order valence-corrected chi connectivity index (χ1v) is 7.10. The maximum absolute atomic E-state index is 12.2. The monoisotopic (exact) mass is 273 g/mol. The minimum atomic E-state index is -0.867. The lowest BCUT2D eigenvalue weighted by molar-refractivity contribution is -0.142. The molecule has 2 unspecified atom stereocenters. The maximum atomic E-state index is 12.2. The topological polar surface area (TPSA) is 57.6 Å². The van der Waals surface area contributed by atoms with Gasteiger partial charge in [0.15, 0.2) is 0 Å². The Hall–Kier alpha value is -1.84. The molecule has 0 radical (unpaired) electrons. The summed E-state index contributed by atoms with van der Waals surface area (Å²) in [6.07, 6.45) is 2.13. The molecule has 2 atom stereocenters. The Morgan fingerprint density at radius 1 is 1.25 bits per heavy atom. The van der Waals surface area contributed by atoms with E-state index in [2.05, 4.69) is 0 Å². The van der Waals surface area contributed by atoms with Crippen molar-refractivity contribution < 1.29 is 14.7 Å². The van der Waals surface area contributed by atoms with Crippen molar-refractivity contribution in [2.45, 2.75) is 45.2 Å². The van der Waals surface area contributed by atoms with Crippen molar-refractivity contribution in [1.29, 1.82) is 0 Å². The van der Waals surface area contributed by atoms with Gasteiger partial charge >= 0.3 is 5.97 Å². The summed E-state index contributed by atoms with van der Waals surface area (Å²) in [6, 6.07) is 5.91. The summed E-state index contributed by atoms with van der Waals surface area (Å²) in [5, 5.41) is 9.49. The Labute approximate surface area is 118 Å². The van der Waals surface area contributed by atoms with Crippen molar-refractivity contribution in [3.63, 3.8) is 0 Å². The van der Waals surface area contributed by atoms with Gasteiger partial charge in [0.1, 0.15) is 0 Å². The molecule has 1 aromatic rings. The number of carboxylic acids is 1. The molecule has 1 aromatic carbocycles. The van der Waals surface area contributed by atoms with E-state index in [0.717, 1.165) is 29.5 Å². The van der Waals surface area contributed by atoms with Gasteiger partial charge in [0.2, 0.25) is 5.91 Å². The first kappa shape index (κ1) is 13.2. The minimum absolute atomic E-state index is 0.00690. The average molecular weight is 273 g/mol. The lowest BCUT2D eigenvalue weighted by Crippen LogP contribution is -2.33. The summed E-state index contributed by atoms with van der Waals surface area (Å²) in [6.45, 7) is 3.99. The molecule has 1 aliphatic carbocycles. The molecule has 1 aliphatic heterocycles. The number of nitrogens with zero attached hydrogens (tertiary/aromatic N) is 1. The van der Waals surface area contributed by atoms with E-state index in [0.29, 0.717) is 0 Å². The SMILES string of the molecule is Cc1cccc(C)c1C1C(C(=O)O)CC(=O)N1C1CC1. The molecule has 1 N–H and O–H groups in total. The van der Waals surface area contributed by atoms with Crippen LogP contribution in [0.3, 0.4) is 0 Å². The van der Waals surface area contributed by atoms with Crippen LogP contribution < -0.4 is 0 Å². The smallest absolute Gasteiger partial charge is 0.309 e. The van der Waals surface area contributed by atoms with Crippen molar-refractivity contribution >= 4 is 11.9 Å². The second kappa shape index (κ2) is 4.62. The van der Waals surface area contributed by atoms with Gasteiger partial charge in [-0.05, 0) is 43.4 Å². The molecule has 0 spiro atoms. The van der Waals surface area contributed by atoms with Crippen molar-refractivity contribution in [3.05, 3.63) is 34.9 Å². The second-order valence-corrected chi connectivity index (χ2v) is 5.93. The Morgan fingerprint density at radius 2 is 1.85 bits per heavy atom. The van der Waals surface area contributed by atoms with E-state index >= 15 is 0 Å². The van der Waals surface area contributed by atoms with E-state index in [-0.39, 0.29) is 24.4 Å². The largest absolute Gasteiger partial charge is 0.481 e. The number of carboxylic acid groups (broad SMARTS) is 1. The fraction of sp³-hybridized carbons (Fsp3) is 0.500. The molecule has 1 saturated heterocycles. The zero-order valence-corrected chi connectivity index (χ0v) is 11.8. The van der Waals surface area contributed by atoms with Crippen LogP contribution in [0, 0.1) is 19.8 Å². The highest BCUT2D eigenvalue weighted by atomic mass is 16.4. The predicted octanol–water partition coefficient (Wildman–Crippen LogP) is 2.44. The van der Waals surface area contributed by atoms with Crippen LogP contribution in [0.5, 0.6) is 0 Å². The van der Waals surface area contributed by atoms with Crippen LogP contribution in [0.15, 0.2) is 18.2 Å². The van der Waals surface area contributed by atoms with Crippen LogP contribution >= 0.6 is 0 Å². The van der Waals surface area contributed by atoms with E-state index < -0.39 is 11.9 Å². The summed E-state index contributed by atoms with van der Waals surface area (Å²) < 4.78 is 0. The number of aliphatic carboxylic acids is 1. The van der Waals surface area contributed by atoms with Gasteiger partial charge < -0.3 is 10.0 Å². The Balaban J connectivity index is 2.10. The summed E-state index contributed by atoms with van der Waals surface area (Å²) in [4.78, 5) is 25.6. The molecule has 0 aromatic heterocycles. The van der Waals surface area contributed by atoms with E-state index in [9.17, 15) is 14.7 Å². The standard InChI is InChI=1S/C16H19NO3/c1-9-4-3-5-10(2)14(9)15-12(16(19)20)8-13(18)17(15)11-6-7-11/h3-5,11-12,15H,6-8H2,1-2H3,(H,19,20). The van der Waals surface area contributed by atoms with Crippen LogP contribution in [-0.2, 0) is 9.59 Å². The number of carbonyl (C=O) groups is 2. The van der Waals surface area contributed by atoms with Crippen LogP contribution in [0.1, 0.15) is 42.0 Å². The number of benzene rings is 1. The van der Waals surface area contributed by atoms with Gasteiger partial charge in [-0.2, -0.15) is 0 Å². The summed E-state index contributed by atoms with van der Waals surface area (Å²) in [5.41, 5.74) is 3.17. The molecule has 2 aliphatic rings. The Bertz CT molecular complexity index is 557. The van der Waals surface area contributed by atoms with Crippen molar-refractivity contribution in [2.24, 2.45) is 5.92 Å². The van der Waals surface area contributed by atoms with Crippen LogP contribution in [0.25, 0.3) is 0 Å². The minimum Gasteiger partial charge on any atom is -0.481 e. The molecule has 106 valence electrons. The lowest BCUT2D eigenvalue weighted by Gasteiger charge is -2.29. The van der Waals surface area contributed by atoms with E-state index in [4.69, 9.17) is 0 Å². The van der Waals surface area contributed by atoms with Gasteiger partial charge in [0, 0.05) is 12.5 Å². The quantitative estimate of drug-likeness (QED) is 0.920. The van der Waals surface area contributed by atoms with Crippen molar-refractivity contribution in [3.8, 4) is 0 Å². The third-order valence-corrected chi connectivity index (χ3v) is 4.46. The molecule has 1 amide bonds. The zero-order valence-electron chi connectivity index (χ0n) is 11.8. The van der Waals surface area contributed by atoms with Gasteiger partial charge in [0.25, 0.3) is 0 Å². The second-order valence-electron chi connectivity index (χ2n) is 5.93. The molecule has 20 heavy (non-hydrogen) atoms. The number of rotatable bonds is 3. The number of hydrogen-bond acceptors (Lipinski definition) is 2. The predicted molar refractivity (Wildman–Crippen MR) is 74.3 cm³/mol. The maximum Gasteiger partial charge on any atom is 0.309 e. The van der Waals surface area contributed by atoms with Gasteiger partial charge in [-0.15, -0.1) is 0 Å². The summed E-state index contributed by atoms with van der Waals surface area (Å²) >= 11 is 0. The summed E-state index contributed by atoms with van der Waals surface area (Å²) in [7, 11) is 0. The van der Waals surface area contributed by atoms with Crippen LogP contribution in [0.2, 0.25) is 0 Å².